The fourth-order valence-corrected chi connectivity index (χ4v) is 2.51. The second kappa shape index (κ2) is 9.79. The van der Waals surface area contributed by atoms with Crippen LogP contribution in [0.25, 0.3) is 0 Å². The number of likely N-dealkylation sites (N-methyl/N-ethyl adjacent to an activating group) is 1. The Morgan fingerprint density at radius 2 is 1.83 bits per heavy atom. The van der Waals surface area contributed by atoms with Crippen LogP contribution in [0, 0.1) is 0 Å². The molecule has 1 heterocycles. The summed E-state index contributed by atoms with van der Waals surface area (Å²) in [5, 5.41) is 7.37. The van der Waals surface area contributed by atoms with Crippen molar-refractivity contribution < 1.29 is 18.8 Å². The largest absolute Gasteiger partial charge is 0.497 e. The van der Waals surface area contributed by atoms with Crippen molar-refractivity contribution in [3.05, 3.63) is 65.3 Å². The van der Waals surface area contributed by atoms with Crippen molar-refractivity contribution in [1.29, 1.82) is 0 Å². The van der Waals surface area contributed by atoms with Gasteiger partial charge in [0.05, 0.1) is 7.11 Å². The normalized spacial score (nSPS) is 10.4. The zero-order chi connectivity index (χ0) is 20.6. The predicted molar refractivity (Wildman–Crippen MR) is 108 cm³/mol. The number of hydrogen-bond acceptors (Lipinski definition) is 6. The van der Waals surface area contributed by atoms with Crippen LogP contribution in [-0.2, 0) is 13.0 Å². The molecule has 0 aliphatic rings. The summed E-state index contributed by atoms with van der Waals surface area (Å²) in [6.07, 6.45) is 0.455. The van der Waals surface area contributed by atoms with Crippen molar-refractivity contribution in [2.75, 3.05) is 26.0 Å². The first-order chi connectivity index (χ1) is 14.0. The Morgan fingerprint density at radius 1 is 1.14 bits per heavy atom. The van der Waals surface area contributed by atoms with Crippen molar-refractivity contribution in [3.8, 4) is 11.5 Å². The van der Waals surface area contributed by atoms with Crippen molar-refractivity contribution >= 4 is 23.3 Å². The van der Waals surface area contributed by atoms with Crippen molar-refractivity contribution in [2.24, 2.45) is 0 Å². The van der Waals surface area contributed by atoms with Gasteiger partial charge in [-0.2, -0.15) is 4.98 Å². The third kappa shape index (κ3) is 6.11. The van der Waals surface area contributed by atoms with Gasteiger partial charge in [-0.3, -0.25) is 0 Å². The van der Waals surface area contributed by atoms with E-state index in [0.29, 0.717) is 41.1 Å². The summed E-state index contributed by atoms with van der Waals surface area (Å²) < 4.78 is 15.8. The molecule has 0 saturated carbocycles. The summed E-state index contributed by atoms with van der Waals surface area (Å²) in [6, 6.07) is 13.9. The Labute approximate surface area is 173 Å². The molecule has 0 spiro atoms. The molecule has 0 atom stereocenters. The van der Waals surface area contributed by atoms with E-state index in [4.69, 9.17) is 25.6 Å². The molecule has 152 valence electrons. The number of benzene rings is 2. The van der Waals surface area contributed by atoms with Crippen LogP contribution in [0.15, 0.2) is 53.1 Å². The van der Waals surface area contributed by atoms with E-state index in [1.807, 2.05) is 0 Å². The fourth-order valence-electron chi connectivity index (χ4n) is 2.39. The van der Waals surface area contributed by atoms with Gasteiger partial charge >= 0.3 is 6.03 Å². The molecular weight excluding hydrogens is 396 g/mol. The van der Waals surface area contributed by atoms with Gasteiger partial charge in [0, 0.05) is 30.7 Å². The van der Waals surface area contributed by atoms with Crippen molar-refractivity contribution in [3.63, 3.8) is 0 Å². The van der Waals surface area contributed by atoms with Gasteiger partial charge in [-0.1, -0.05) is 16.8 Å². The number of nitrogens with zero attached hydrogens (tertiary/aromatic N) is 3. The average Bonchev–Trinajstić information content (AvgIpc) is 3.20. The molecule has 3 rings (SSSR count). The number of anilines is 1. The molecule has 8 nitrogen and oxygen atoms in total. The first kappa shape index (κ1) is 20.5. The lowest BCUT2D eigenvalue weighted by Gasteiger charge is -2.17. The van der Waals surface area contributed by atoms with E-state index in [-0.39, 0.29) is 12.6 Å². The molecule has 0 unspecified atom stereocenters. The molecular formula is C20H21ClN4O4. The quantitative estimate of drug-likeness (QED) is 0.596. The molecule has 29 heavy (non-hydrogen) atoms. The number of rotatable bonds is 8. The molecule has 2 amide bonds. The summed E-state index contributed by atoms with van der Waals surface area (Å²) >= 11 is 5.84. The molecule has 1 N–H and O–H groups in total. The van der Waals surface area contributed by atoms with E-state index in [1.54, 1.807) is 67.6 Å². The summed E-state index contributed by atoms with van der Waals surface area (Å²) in [5.74, 6) is 2.25. The molecule has 0 bridgehead atoms. The van der Waals surface area contributed by atoms with Gasteiger partial charge in [0.1, 0.15) is 11.5 Å². The van der Waals surface area contributed by atoms with E-state index < -0.39 is 0 Å². The lowest BCUT2D eigenvalue weighted by molar-refractivity contribution is 0.222. The van der Waals surface area contributed by atoms with Gasteiger partial charge in [-0.25, -0.2) is 4.79 Å². The third-order valence-corrected chi connectivity index (χ3v) is 4.30. The highest BCUT2D eigenvalue weighted by atomic mass is 35.5. The Morgan fingerprint density at radius 3 is 2.52 bits per heavy atom. The first-order valence-electron chi connectivity index (χ1n) is 8.89. The number of carbonyl (C=O) groups excluding carboxylic acids is 1. The van der Waals surface area contributed by atoms with Crippen LogP contribution in [0.5, 0.6) is 11.5 Å². The van der Waals surface area contributed by atoms with Gasteiger partial charge in [0.25, 0.3) is 5.89 Å². The minimum Gasteiger partial charge on any atom is -0.497 e. The molecule has 0 aliphatic carbocycles. The highest BCUT2D eigenvalue weighted by Crippen LogP contribution is 2.17. The van der Waals surface area contributed by atoms with Crippen LogP contribution in [0.1, 0.15) is 11.7 Å². The second-order valence-electron chi connectivity index (χ2n) is 6.18. The number of methoxy groups -OCH3 is 1. The number of amides is 2. The van der Waals surface area contributed by atoms with E-state index in [2.05, 4.69) is 15.5 Å². The molecule has 9 heteroatoms. The van der Waals surface area contributed by atoms with Crippen LogP contribution >= 0.6 is 11.6 Å². The monoisotopic (exact) mass is 416 g/mol. The molecule has 3 aromatic rings. The minimum absolute atomic E-state index is 0.155. The van der Waals surface area contributed by atoms with Crippen LogP contribution in [-0.4, -0.2) is 41.8 Å². The minimum atomic E-state index is -0.232. The number of nitrogens with one attached hydrogen (secondary N) is 1. The molecule has 2 aromatic carbocycles. The third-order valence-electron chi connectivity index (χ3n) is 4.04. The molecule has 1 aromatic heterocycles. The number of aromatic nitrogens is 2. The zero-order valence-corrected chi connectivity index (χ0v) is 16.8. The smallest absolute Gasteiger partial charge is 0.321 e. The maximum absolute atomic E-state index is 12.3. The van der Waals surface area contributed by atoms with Crippen LogP contribution < -0.4 is 14.8 Å². The summed E-state index contributed by atoms with van der Waals surface area (Å²) in [6.45, 7) is 0.585. The molecule has 0 saturated heterocycles. The Kier molecular flexibility index (Phi) is 6.91. The Bertz CT molecular complexity index is 928. The number of halogens is 1. The SMILES string of the molecule is COc1ccc(NC(=O)N(C)CCc2noc(COc3ccc(Cl)cc3)n2)cc1. The lowest BCUT2D eigenvalue weighted by Crippen LogP contribution is -2.33. The van der Waals surface area contributed by atoms with Gasteiger partial charge in [-0.05, 0) is 48.5 Å². The maximum Gasteiger partial charge on any atom is 0.321 e. The predicted octanol–water partition coefficient (Wildman–Crippen LogP) is 4.02. The second-order valence-corrected chi connectivity index (χ2v) is 6.61. The van der Waals surface area contributed by atoms with Crippen molar-refractivity contribution in [2.45, 2.75) is 13.0 Å². The molecule has 0 fully saturated rings. The topological polar surface area (TPSA) is 89.7 Å². The van der Waals surface area contributed by atoms with Gasteiger partial charge < -0.3 is 24.2 Å². The molecule has 0 radical (unpaired) electrons. The number of urea groups is 1. The Balaban J connectivity index is 1.44. The average molecular weight is 417 g/mol. The number of hydrogen-bond donors (Lipinski definition) is 1. The van der Waals surface area contributed by atoms with E-state index in [1.165, 1.54) is 0 Å². The van der Waals surface area contributed by atoms with Gasteiger partial charge in [0.15, 0.2) is 12.4 Å². The van der Waals surface area contributed by atoms with Crippen LogP contribution in [0.4, 0.5) is 10.5 Å². The lowest BCUT2D eigenvalue weighted by atomic mass is 10.3. The number of carbonyl (C=O) groups is 1. The van der Waals surface area contributed by atoms with Crippen molar-refractivity contribution in [1.82, 2.24) is 15.0 Å². The van der Waals surface area contributed by atoms with Crippen LogP contribution in [0.3, 0.4) is 0 Å². The number of ether oxygens (including phenoxy) is 2. The van der Waals surface area contributed by atoms with Gasteiger partial charge in [-0.15, -0.1) is 0 Å². The molecule has 0 aliphatic heterocycles. The summed E-state index contributed by atoms with van der Waals surface area (Å²) in [4.78, 5) is 18.1. The first-order valence-corrected chi connectivity index (χ1v) is 9.27. The van der Waals surface area contributed by atoms with Gasteiger partial charge in [0.2, 0.25) is 0 Å². The summed E-state index contributed by atoms with van der Waals surface area (Å²) in [7, 11) is 3.29. The fraction of sp³-hybridized carbons (Fsp3) is 0.250. The standard InChI is InChI=1S/C20H21ClN4O4/c1-25(20(26)22-15-5-9-16(27-2)10-6-15)12-11-18-23-19(29-24-18)13-28-17-7-3-14(21)4-8-17/h3-10H,11-13H2,1-2H3,(H,22,26). The Hall–Kier alpha value is -3.26. The van der Waals surface area contributed by atoms with E-state index >= 15 is 0 Å². The van der Waals surface area contributed by atoms with E-state index in [0.717, 1.165) is 5.75 Å². The van der Waals surface area contributed by atoms with Crippen LogP contribution in [0.2, 0.25) is 5.02 Å². The highest BCUT2D eigenvalue weighted by Gasteiger charge is 2.12. The highest BCUT2D eigenvalue weighted by molar-refractivity contribution is 6.30. The zero-order valence-electron chi connectivity index (χ0n) is 16.1. The maximum atomic E-state index is 12.3. The summed E-state index contributed by atoms with van der Waals surface area (Å²) in [5.41, 5.74) is 0.684. The van der Waals surface area contributed by atoms with E-state index in [9.17, 15) is 4.79 Å².